The molecule has 0 spiro atoms. The predicted octanol–water partition coefficient (Wildman–Crippen LogP) is 1.87. The lowest BCUT2D eigenvalue weighted by atomic mass is 10.0. The lowest BCUT2D eigenvalue weighted by Crippen LogP contribution is -2.42. The third-order valence-corrected chi connectivity index (χ3v) is 4.04. The lowest BCUT2D eigenvalue weighted by molar-refractivity contribution is 0.253. The highest BCUT2D eigenvalue weighted by Crippen LogP contribution is 2.25. The molecule has 1 aliphatic heterocycles. The van der Waals surface area contributed by atoms with E-state index in [0.29, 0.717) is 18.2 Å². The number of likely N-dealkylation sites (tertiary alicyclic amines) is 1. The molecule has 1 aromatic rings. The third kappa shape index (κ3) is 3.18. The minimum Gasteiger partial charge on any atom is -0.398 e. The van der Waals surface area contributed by atoms with Crippen LogP contribution in [0.3, 0.4) is 0 Å². The number of rotatable bonds is 3. The highest BCUT2D eigenvalue weighted by atomic mass is 15.2. The fraction of sp³-hybridized carbons (Fsp3) is 0.533. The van der Waals surface area contributed by atoms with E-state index in [4.69, 9.17) is 11.0 Å². The van der Waals surface area contributed by atoms with Gasteiger partial charge in [0.2, 0.25) is 0 Å². The van der Waals surface area contributed by atoms with Crippen LogP contribution in [0.15, 0.2) is 18.2 Å². The molecular formula is C15H22N4. The maximum Gasteiger partial charge on any atom is 0.0670 e. The van der Waals surface area contributed by atoms with Gasteiger partial charge in [0.05, 0.1) is 12.5 Å². The zero-order valence-corrected chi connectivity index (χ0v) is 11.8. The first-order valence-electron chi connectivity index (χ1n) is 6.78. The van der Waals surface area contributed by atoms with Crippen LogP contribution in [0.1, 0.15) is 18.4 Å². The molecule has 19 heavy (non-hydrogen) atoms. The summed E-state index contributed by atoms with van der Waals surface area (Å²) in [6.07, 6.45) is 2.75. The topological polar surface area (TPSA) is 56.3 Å². The van der Waals surface area contributed by atoms with Crippen LogP contribution in [0, 0.1) is 11.3 Å². The maximum absolute atomic E-state index is 8.83. The molecule has 0 atom stereocenters. The van der Waals surface area contributed by atoms with Gasteiger partial charge in [0, 0.05) is 24.5 Å². The molecule has 0 saturated carbocycles. The number of nitrogens with zero attached hydrogens (tertiary/aromatic N) is 3. The van der Waals surface area contributed by atoms with Crippen molar-refractivity contribution in [2.45, 2.75) is 25.3 Å². The van der Waals surface area contributed by atoms with E-state index in [2.05, 4.69) is 42.1 Å². The third-order valence-electron chi connectivity index (χ3n) is 4.04. The number of hydrogen-bond donors (Lipinski definition) is 1. The van der Waals surface area contributed by atoms with Gasteiger partial charge < -0.3 is 15.5 Å². The van der Waals surface area contributed by atoms with E-state index in [1.807, 2.05) is 6.07 Å². The Balaban J connectivity index is 2.12. The Hall–Kier alpha value is -1.73. The number of nitriles is 1. The van der Waals surface area contributed by atoms with Crippen molar-refractivity contribution >= 4 is 11.4 Å². The molecule has 4 nitrogen and oxygen atoms in total. The first kappa shape index (κ1) is 13.7. The van der Waals surface area contributed by atoms with Gasteiger partial charge in [0.25, 0.3) is 0 Å². The average Bonchev–Trinajstić information content (AvgIpc) is 2.41. The van der Waals surface area contributed by atoms with Gasteiger partial charge in [-0.25, -0.2) is 0 Å². The molecule has 1 fully saturated rings. The SMILES string of the molecule is CN1CCC(N(C)c2ccc(N)c(CC#N)c2)CC1. The van der Waals surface area contributed by atoms with Gasteiger partial charge in [-0.15, -0.1) is 0 Å². The number of benzene rings is 1. The van der Waals surface area contributed by atoms with Crippen LogP contribution < -0.4 is 10.6 Å². The lowest BCUT2D eigenvalue weighted by Gasteiger charge is -2.36. The van der Waals surface area contributed by atoms with E-state index >= 15 is 0 Å². The molecule has 0 bridgehead atoms. The van der Waals surface area contributed by atoms with Crippen molar-refractivity contribution in [3.05, 3.63) is 23.8 Å². The van der Waals surface area contributed by atoms with Crippen LogP contribution in [-0.2, 0) is 6.42 Å². The summed E-state index contributed by atoms with van der Waals surface area (Å²) in [5.41, 5.74) is 8.70. The molecule has 0 radical (unpaired) electrons. The maximum atomic E-state index is 8.83. The molecule has 0 amide bonds. The van der Waals surface area contributed by atoms with Crippen molar-refractivity contribution in [1.82, 2.24) is 4.90 Å². The van der Waals surface area contributed by atoms with Crippen molar-refractivity contribution < 1.29 is 0 Å². The summed E-state index contributed by atoms with van der Waals surface area (Å²) < 4.78 is 0. The fourth-order valence-electron chi connectivity index (χ4n) is 2.64. The highest BCUT2D eigenvalue weighted by Gasteiger charge is 2.21. The summed E-state index contributed by atoms with van der Waals surface area (Å²) in [6.45, 7) is 2.30. The zero-order chi connectivity index (χ0) is 13.8. The largest absolute Gasteiger partial charge is 0.398 e. The van der Waals surface area contributed by atoms with Crippen molar-refractivity contribution in [2.75, 3.05) is 37.8 Å². The number of nitrogen functional groups attached to an aromatic ring is 1. The van der Waals surface area contributed by atoms with Gasteiger partial charge in [-0.05, 0) is 56.7 Å². The molecule has 0 unspecified atom stereocenters. The van der Waals surface area contributed by atoms with Crippen LogP contribution in [-0.4, -0.2) is 38.1 Å². The smallest absolute Gasteiger partial charge is 0.0670 e. The van der Waals surface area contributed by atoms with Gasteiger partial charge in [0.1, 0.15) is 0 Å². The summed E-state index contributed by atoms with van der Waals surface area (Å²) in [5, 5.41) is 8.83. The summed E-state index contributed by atoms with van der Waals surface area (Å²) in [5.74, 6) is 0. The van der Waals surface area contributed by atoms with Gasteiger partial charge >= 0.3 is 0 Å². The molecule has 1 saturated heterocycles. The van der Waals surface area contributed by atoms with E-state index in [9.17, 15) is 0 Å². The Bertz CT molecular complexity index is 470. The molecule has 2 N–H and O–H groups in total. The minimum atomic E-state index is 0.376. The average molecular weight is 258 g/mol. The number of nitrogens with two attached hydrogens (primary N) is 1. The zero-order valence-electron chi connectivity index (χ0n) is 11.8. The predicted molar refractivity (Wildman–Crippen MR) is 79.1 cm³/mol. The summed E-state index contributed by atoms with van der Waals surface area (Å²) in [7, 11) is 4.31. The Morgan fingerprint density at radius 2 is 2.11 bits per heavy atom. The van der Waals surface area contributed by atoms with Crippen molar-refractivity contribution in [3.63, 3.8) is 0 Å². The molecule has 1 aliphatic rings. The van der Waals surface area contributed by atoms with Gasteiger partial charge in [0.15, 0.2) is 0 Å². The first-order chi connectivity index (χ1) is 9.11. The Labute approximate surface area is 115 Å². The van der Waals surface area contributed by atoms with E-state index in [0.717, 1.165) is 24.3 Å². The summed E-state index contributed by atoms with van der Waals surface area (Å²) >= 11 is 0. The number of anilines is 2. The molecule has 0 aromatic heterocycles. The quantitative estimate of drug-likeness (QED) is 0.841. The standard InChI is InChI=1S/C15H22N4/c1-18-9-6-13(7-10-18)19(2)14-3-4-15(17)12(11-14)5-8-16/h3-4,11,13H,5-7,9-10,17H2,1-2H3. The summed E-state index contributed by atoms with van der Waals surface area (Å²) in [4.78, 5) is 4.70. The second-order valence-corrected chi connectivity index (χ2v) is 5.36. The molecule has 102 valence electrons. The van der Waals surface area contributed by atoms with E-state index < -0.39 is 0 Å². The highest BCUT2D eigenvalue weighted by molar-refractivity contribution is 5.59. The molecule has 0 aliphatic carbocycles. The number of hydrogen-bond acceptors (Lipinski definition) is 4. The van der Waals surface area contributed by atoms with Gasteiger partial charge in [-0.2, -0.15) is 5.26 Å². The second kappa shape index (κ2) is 5.94. The van der Waals surface area contributed by atoms with Gasteiger partial charge in [-0.1, -0.05) is 0 Å². The monoisotopic (exact) mass is 258 g/mol. The van der Waals surface area contributed by atoms with Crippen LogP contribution in [0.5, 0.6) is 0 Å². The van der Waals surface area contributed by atoms with Crippen LogP contribution in [0.25, 0.3) is 0 Å². The molecule has 4 heteroatoms. The van der Waals surface area contributed by atoms with Crippen LogP contribution >= 0.6 is 0 Å². The number of piperidine rings is 1. The molecular weight excluding hydrogens is 236 g/mol. The molecule has 1 heterocycles. The second-order valence-electron chi connectivity index (χ2n) is 5.36. The van der Waals surface area contributed by atoms with E-state index in [1.165, 1.54) is 12.8 Å². The normalized spacial score (nSPS) is 17.1. The van der Waals surface area contributed by atoms with Crippen LogP contribution in [0.2, 0.25) is 0 Å². The van der Waals surface area contributed by atoms with E-state index in [-0.39, 0.29) is 0 Å². The minimum absolute atomic E-state index is 0.376. The van der Waals surface area contributed by atoms with Crippen molar-refractivity contribution in [2.24, 2.45) is 0 Å². The van der Waals surface area contributed by atoms with E-state index in [1.54, 1.807) is 0 Å². The van der Waals surface area contributed by atoms with Gasteiger partial charge in [-0.3, -0.25) is 0 Å². The summed E-state index contributed by atoms with van der Waals surface area (Å²) in [6, 6.07) is 8.76. The molecule has 2 rings (SSSR count). The Morgan fingerprint density at radius 3 is 2.74 bits per heavy atom. The van der Waals surface area contributed by atoms with Crippen molar-refractivity contribution in [3.8, 4) is 6.07 Å². The molecule has 1 aromatic carbocycles. The fourth-order valence-corrected chi connectivity index (χ4v) is 2.64. The first-order valence-corrected chi connectivity index (χ1v) is 6.78. The Kier molecular flexibility index (Phi) is 4.28. The van der Waals surface area contributed by atoms with Crippen LogP contribution in [0.4, 0.5) is 11.4 Å². The Morgan fingerprint density at radius 1 is 1.42 bits per heavy atom. The van der Waals surface area contributed by atoms with Crippen molar-refractivity contribution in [1.29, 1.82) is 5.26 Å².